The minimum atomic E-state index is 0.550. The van der Waals surface area contributed by atoms with Crippen molar-refractivity contribution in [2.75, 3.05) is 32.7 Å². The number of rotatable bonds is 3. The van der Waals surface area contributed by atoms with E-state index in [0.717, 1.165) is 43.4 Å². The van der Waals surface area contributed by atoms with E-state index in [1.54, 1.807) is 11.3 Å². The zero-order valence-electron chi connectivity index (χ0n) is 10.1. The number of piperazine rings is 1. The lowest BCUT2D eigenvalue weighted by molar-refractivity contribution is 0.137. The Morgan fingerprint density at radius 3 is 2.78 bits per heavy atom. The molecule has 3 heterocycles. The van der Waals surface area contributed by atoms with Gasteiger partial charge in [-0.05, 0) is 0 Å². The Bertz CT molecular complexity index is 530. The average Bonchev–Trinajstić information content (AvgIpc) is 2.92. The minimum absolute atomic E-state index is 0.550. The van der Waals surface area contributed by atoms with Crippen molar-refractivity contribution in [3.05, 3.63) is 23.5 Å². The molecule has 0 unspecified atom stereocenters. The number of hydrogen-bond acceptors (Lipinski definition) is 5. The quantitative estimate of drug-likeness (QED) is 0.775. The highest BCUT2D eigenvalue weighted by Gasteiger charge is 2.17. The second kappa shape index (κ2) is 5.06. The molecule has 0 spiro atoms. The van der Waals surface area contributed by atoms with Crippen LogP contribution in [0, 0.1) is 11.3 Å². The largest absolute Gasteiger partial charge is 0.297 e. The standard InChI is InChI=1S/C12H15N5S/c13-1-2-15-3-5-16(6-4-15)9-11-10-17-7-8-18-12(17)14-11/h7-8,10H,2-6,9H2. The monoisotopic (exact) mass is 261 g/mol. The maximum absolute atomic E-state index is 8.66. The van der Waals surface area contributed by atoms with Crippen LogP contribution in [-0.4, -0.2) is 51.9 Å². The lowest BCUT2D eigenvalue weighted by Gasteiger charge is -2.32. The van der Waals surface area contributed by atoms with Crippen molar-refractivity contribution in [2.24, 2.45) is 0 Å². The SMILES string of the molecule is N#CCN1CCN(Cc2cn3ccsc3n2)CC1. The van der Waals surface area contributed by atoms with Gasteiger partial charge in [-0.25, -0.2) is 4.98 Å². The summed E-state index contributed by atoms with van der Waals surface area (Å²) >= 11 is 1.67. The highest BCUT2D eigenvalue weighted by Crippen LogP contribution is 2.13. The molecule has 3 rings (SSSR count). The zero-order valence-corrected chi connectivity index (χ0v) is 10.9. The molecule has 5 nitrogen and oxygen atoms in total. The van der Waals surface area contributed by atoms with Crippen LogP contribution in [0.3, 0.4) is 0 Å². The third-order valence-electron chi connectivity index (χ3n) is 3.29. The Hall–Kier alpha value is -1.42. The van der Waals surface area contributed by atoms with E-state index in [4.69, 9.17) is 5.26 Å². The van der Waals surface area contributed by atoms with E-state index in [0.29, 0.717) is 6.54 Å². The van der Waals surface area contributed by atoms with Crippen LogP contribution in [0.5, 0.6) is 0 Å². The van der Waals surface area contributed by atoms with Gasteiger partial charge in [0.2, 0.25) is 0 Å². The summed E-state index contributed by atoms with van der Waals surface area (Å²) in [5, 5.41) is 10.7. The van der Waals surface area contributed by atoms with Crippen LogP contribution >= 0.6 is 11.3 Å². The van der Waals surface area contributed by atoms with E-state index in [-0.39, 0.29) is 0 Å². The van der Waals surface area contributed by atoms with Crippen LogP contribution in [-0.2, 0) is 6.54 Å². The Labute approximate surface area is 110 Å². The topological polar surface area (TPSA) is 47.6 Å². The third-order valence-corrected chi connectivity index (χ3v) is 4.06. The highest BCUT2D eigenvalue weighted by molar-refractivity contribution is 7.15. The maximum Gasteiger partial charge on any atom is 0.193 e. The molecule has 18 heavy (non-hydrogen) atoms. The maximum atomic E-state index is 8.66. The predicted octanol–water partition coefficient (Wildman–Crippen LogP) is 1.04. The number of nitriles is 1. The van der Waals surface area contributed by atoms with E-state index in [1.807, 2.05) is 11.6 Å². The van der Waals surface area contributed by atoms with E-state index in [9.17, 15) is 0 Å². The summed E-state index contributed by atoms with van der Waals surface area (Å²) in [6.07, 6.45) is 4.15. The first kappa shape index (κ1) is 11.7. The number of thiazole rings is 1. The molecule has 0 atom stereocenters. The molecule has 0 radical (unpaired) electrons. The molecule has 2 aromatic heterocycles. The summed E-state index contributed by atoms with van der Waals surface area (Å²) < 4.78 is 2.08. The van der Waals surface area contributed by atoms with Crippen molar-refractivity contribution in [3.8, 4) is 6.07 Å². The van der Waals surface area contributed by atoms with Gasteiger partial charge in [-0.3, -0.25) is 14.2 Å². The normalized spacial score (nSPS) is 18.2. The lowest BCUT2D eigenvalue weighted by atomic mass is 10.3. The van der Waals surface area contributed by atoms with Gasteiger partial charge in [0.25, 0.3) is 0 Å². The molecule has 0 amide bonds. The van der Waals surface area contributed by atoms with Gasteiger partial charge in [0.1, 0.15) is 0 Å². The molecule has 0 bridgehead atoms. The molecule has 0 aliphatic carbocycles. The Morgan fingerprint density at radius 1 is 1.28 bits per heavy atom. The fourth-order valence-corrected chi connectivity index (χ4v) is 3.01. The van der Waals surface area contributed by atoms with Crippen molar-refractivity contribution in [2.45, 2.75) is 6.54 Å². The molecule has 6 heteroatoms. The summed E-state index contributed by atoms with van der Waals surface area (Å²) in [6.45, 7) is 5.47. The average molecular weight is 261 g/mol. The number of fused-ring (bicyclic) bond motifs is 1. The van der Waals surface area contributed by atoms with Crippen LogP contribution in [0.2, 0.25) is 0 Å². The number of aromatic nitrogens is 2. The van der Waals surface area contributed by atoms with Gasteiger partial charge in [0, 0.05) is 50.5 Å². The van der Waals surface area contributed by atoms with Crippen LogP contribution in [0.15, 0.2) is 17.8 Å². The van der Waals surface area contributed by atoms with Crippen molar-refractivity contribution in [1.29, 1.82) is 5.26 Å². The first-order chi connectivity index (χ1) is 8.85. The van der Waals surface area contributed by atoms with Crippen molar-refractivity contribution >= 4 is 16.3 Å². The summed E-state index contributed by atoms with van der Waals surface area (Å²) in [5.41, 5.74) is 1.13. The number of imidazole rings is 1. The third kappa shape index (κ3) is 2.38. The summed E-state index contributed by atoms with van der Waals surface area (Å²) in [4.78, 5) is 10.3. The second-order valence-corrected chi connectivity index (χ2v) is 5.41. The number of nitrogens with zero attached hydrogens (tertiary/aromatic N) is 5. The predicted molar refractivity (Wildman–Crippen MR) is 70.4 cm³/mol. The molecule has 2 aromatic rings. The van der Waals surface area contributed by atoms with Gasteiger partial charge in [0.15, 0.2) is 4.96 Å². The first-order valence-electron chi connectivity index (χ1n) is 6.08. The molecule has 1 aliphatic heterocycles. The van der Waals surface area contributed by atoms with E-state index < -0.39 is 0 Å². The van der Waals surface area contributed by atoms with Gasteiger partial charge < -0.3 is 0 Å². The molecule has 1 aliphatic rings. The fourth-order valence-electron chi connectivity index (χ4n) is 2.29. The molecule has 1 saturated heterocycles. The summed E-state index contributed by atoms with van der Waals surface area (Å²) in [6, 6.07) is 2.21. The molecule has 1 fully saturated rings. The van der Waals surface area contributed by atoms with Crippen LogP contribution < -0.4 is 0 Å². The van der Waals surface area contributed by atoms with E-state index >= 15 is 0 Å². The smallest absolute Gasteiger partial charge is 0.193 e. The van der Waals surface area contributed by atoms with Gasteiger partial charge in [-0.15, -0.1) is 11.3 Å². The molecule has 0 aromatic carbocycles. The molecule has 0 N–H and O–H groups in total. The van der Waals surface area contributed by atoms with Gasteiger partial charge >= 0.3 is 0 Å². The summed E-state index contributed by atoms with van der Waals surface area (Å²) in [7, 11) is 0. The Morgan fingerprint density at radius 2 is 2.06 bits per heavy atom. The van der Waals surface area contributed by atoms with Gasteiger partial charge in [-0.1, -0.05) is 0 Å². The summed E-state index contributed by atoms with van der Waals surface area (Å²) in [5.74, 6) is 0. The minimum Gasteiger partial charge on any atom is -0.297 e. The number of hydrogen-bond donors (Lipinski definition) is 0. The van der Waals surface area contributed by atoms with Crippen molar-refractivity contribution in [1.82, 2.24) is 19.2 Å². The van der Waals surface area contributed by atoms with E-state index in [1.165, 1.54) is 0 Å². The van der Waals surface area contributed by atoms with Gasteiger partial charge in [-0.2, -0.15) is 5.26 Å². The fraction of sp³-hybridized carbons (Fsp3) is 0.500. The second-order valence-electron chi connectivity index (χ2n) is 4.54. The Balaban J connectivity index is 1.58. The molecule has 0 saturated carbocycles. The van der Waals surface area contributed by atoms with Crippen molar-refractivity contribution in [3.63, 3.8) is 0 Å². The van der Waals surface area contributed by atoms with Crippen LogP contribution in [0.1, 0.15) is 5.69 Å². The van der Waals surface area contributed by atoms with Crippen LogP contribution in [0.4, 0.5) is 0 Å². The molecular weight excluding hydrogens is 246 g/mol. The van der Waals surface area contributed by atoms with Gasteiger partial charge in [0.05, 0.1) is 18.3 Å². The van der Waals surface area contributed by atoms with E-state index in [2.05, 4.69) is 31.5 Å². The van der Waals surface area contributed by atoms with Crippen LogP contribution in [0.25, 0.3) is 4.96 Å². The first-order valence-corrected chi connectivity index (χ1v) is 6.96. The molecule has 94 valence electrons. The lowest BCUT2D eigenvalue weighted by Crippen LogP contribution is -2.45. The Kier molecular flexibility index (Phi) is 3.28. The zero-order chi connectivity index (χ0) is 12.4. The molecular formula is C12H15N5S. The highest BCUT2D eigenvalue weighted by atomic mass is 32.1. The van der Waals surface area contributed by atoms with Crippen molar-refractivity contribution < 1.29 is 0 Å².